The van der Waals surface area contributed by atoms with Crippen molar-refractivity contribution < 1.29 is 13.2 Å². The maximum atomic E-state index is 13.1. The van der Waals surface area contributed by atoms with Gasteiger partial charge in [0, 0.05) is 25.1 Å². The Labute approximate surface area is 118 Å². The highest BCUT2D eigenvalue weighted by Gasteiger charge is 2.35. The number of aromatic nitrogens is 2. The third-order valence-corrected chi connectivity index (χ3v) is 3.47. The van der Waals surface area contributed by atoms with Gasteiger partial charge in [-0.1, -0.05) is 12.1 Å². The van der Waals surface area contributed by atoms with E-state index < -0.39 is 11.7 Å². The van der Waals surface area contributed by atoms with Crippen LogP contribution in [0.2, 0.25) is 0 Å². The Morgan fingerprint density at radius 2 is 2.05 bits per heavy atom. The first kappa shape index (κ1) is 13.6. The molecule has 0 amide bonds. The molecule has 1 aromatic heterocycles. The largest absolute Gasteiger partial charge is 0.418 e. The minimum atomic E-state index is -4.46. The van der Waals surface area contributed by atoms with E-state index in [1.54, 1.807) is 0 Å². The molecule has 2 aromatic rings. The second-order valence-electron chi connectivity index (χ2n) is 4.74. The molecular weight excluding hydrogens is 281 g/mol. The number of hydrogen-bond donors (Lipinski definition) is 1. The zero-order valence-corrected chi connectivity index (χ0v) is 10.9. The average molecular weight is 292 g/mol. The molecule has 7 heteroatoms. The van der Waals surface area contributed by atoms with Gasteiger partial charge >= 0.3 is 6.18 Å². The Bertz CT molecular complexity index is 725. The van der Waals surface area contributed by atoms with Crippen molar-refractivity contribution in [1.29, 1.82) is 5.26 Å². The summed E-state index contributed by atoms with van der Waals surface area (Å²) < 4.78 is 40.7. The topological polar surface area (TPSA) is 53.6 Å². The van der Waals surface area contributed by atoms with Crippen molar-refractivity contribution in [3.05, 3.63) is 46.8 Å². The summed E-state index contributed by atoms with van der Waals surface area (Å²) in [5.74, 6) is 0. The van der Waals surface area contributed by atoms with Crippen molar-refractivity contribution in [1.82, 2.24) is 15.1 Å². The smallest absolute Gasteiger partial charge is 0.312 e. The van der Waals surface area contributed by atoms with Crippen LogP contribution in [-0.4, -0.2) is 16.3 Å². The molecule has 4 nitrogen and oxygen atoms in total. The van der Waals surface area contributed by atoms with Gasteiger partial charge in [-0.15, -0.1) is 0 Å². The molecule has 0 atom stereocenters. The van der Waals surface area contributed by atoms with Crippen LogP contribution in [0.4, 0.5) is 13.2 Å². The molecule has 0 unspecified atom stereocenters. The summed E-state index contributed by atoms with van der Waals surface area (Å²) >= 11 is 0. The molecule has 0 spiro atoms. The van der Waals surface area contributed by atoms with Gasteiger partial charge in [0.1, 0.15) is 6.07 Å². The Morgan fingerprint density at radius 1 is 1.29 bits per heavy atom. The molecule has 108 valence electrons. The molecule has 0 saturated carbocycles. The quantitative estimate of drug-likeness (QED) is 0.878. The predicted octanol–water partition coefficient (Wildman–Crippen LogP) is 2.41. The molecule has 2 heterocycles. The van der Waals surface area contributed by atoms with Crippen molar-refractivity contribution in [2.75, 3.05) is 6.54 Å². The van der Waals surface area contributed by atoms with Gasteiger partial charge in [0.15, 0.2) is 5.69 Å². The van der Waals surface area contributed by atoms with E-state index in [1.807, 2.05) is 6.07 Å². The van der Waals surface area contributed by atoms with E-state index in [2.05, 4.69) is 10.4 Å². The molecule has 1 aliphatic heterocycles. The van der Waals surface area contributed by atoms with Crippen molar-refractivity contribution in [3.8, 4) is 11.8 Å². The summed E-state index contributed by atoms with van der Waals surface area (Å²) in [7, 11) is 0. The number of nitrogens with zero attached hydrogens (tertiary/aromatic N) is 3. The molecule has 0 bridgehead atoms. The lowest BCUT2D eigenvalue weighted by Crippen LogP contribution is -2.25. The molecule has 0 aliphatic carbocycles. The van der Waals surface area contributed by atoms with Gasteiger partial charge in [-0.05, 0) is 12.1 Å². The van der Waals surface area contributed by atoms with Gasteiger partial charge in [-0.25, -0.2) is 4.68 Å². The number of benzene rings is 1. The molecular formula is C14H11F3N4. The Hall–Kier alpha value is -2.33. The van der Waals surface area contributed by atoms with E-state index >= 15 is 0 Å². The molecule has 1 aliphatic rings. The fourth-order valence-electron chi connectivity index (χ4n) is 2.54. The summed E-state index contributed by atoms with van der Waals surface area (Å²) in [5, 5.41) is 16.3. The number of hydrogen-bond acceptors (Lipinski definition) is 3. The number of alkyl halides is 3. The Morgan fingerprint density at radius 3 is 2.76 bits per heavy atom. The number of para-hydroxylation sites is 1. The zero-order chi connectivity index (χ0) is 15.0. The van der Waals surface area contributed by atoms with Crippen molar-refractivity contribution >= 4 is 0 Å². The zero-order valence-electron chi connectivity index (χ0n) is 10.9. The van der Waals surface area contributed by atoms with E-state index in [1.165, 1.54) is 22.9 Å². The summed E-state index contributed by atoms with van der Waals surface area (Å²) in [4.78, 5) is 0. The highest BCUT2D eigenvalue weighted by molar-refractivity contribution is 5.47. The molecule has 1 N–H and O–H groups in total. The van der Waals surface area contributed by atoms with Crippen LogP contribution in [0.15, 0.2) is 24.3 Å². The monoisotopic (exact) mass is 292 g/mol. The van der Waals surface area contributed by atoms with Gasteiger partial charge in [0.25, 0.3) is 0 Å². The normalized spacial score (nSPS) is 14.6. The van der Waals surface area contributed by atoms with Crippen molar-refractivity contribution in [3.63, 3.8) is 0 Å². The van der Waals surface area contributed by atoms with Gasteiger partial charge in [0.2, 0.25) is 0 Å². The van der Waals surface area contributed by atoms with Gasteiger partial charge in [0.05, 0.1) is 16.9 Å². The highest BCUT2D eigenvalue weighted by atomic mass is 19.4. The van der Waals surface area contributed by atoms with E-state index in [-0.39, 0.29) is 11.4 Å². The Kier molecular flexibility index (Phi) is 3.18. The summed E-state index contributed by atoms with van der Waals surface area (Å²) in [6.07, 6.45) is -3.93. The second kappa shape index (κ2) is 4.90. The number of halogens is 3. The van der Waals surface area contributed by atoms with E-state index in [9.17, 15) is 13.2 Å². The van der Waals surface area contributed by atoms with Crippen LogP contribution in [0.1, 0.15) is 22.5 Å². The lowest BCUT2D eigenvalue weighted by molar-refractivity contribution is -0.137. The van der Waals surface area contributed by atoms with Crippen LogP contribution in [0.5, 0.6) is 0 Å². The molecule has 3 rings (SSSR count). The second-order valence-corrected chi connectivity index (χ2v) is 4.74. The molecule has 0 radical (unpaired) electrons. The SMILES string of the molecule is N#Cc1nn(-c2ccccc2C(F)(F)F)c2c1CNCC2. The van der Waals surface area contributed by atoms with Gasteiger partial charge in [-0.3, -0.25) is 0 Å². The third-order valence-electron chi connectivity index (χ3n) is 3.47. The minimum absolute atomic E-state index is 0.0374. The lowest BCUT2D eigenvalue weighted by Gasteiger charge is -2.17. The van der Waals surface area contributed by atoms with Crippen LogP contribution in [0.3, 0.4) is 0 Å². The number of nitriles is 1. The first-order valence-electron chi connectivity index (χ1n) is 6.40. The average Bonchev–Trinajstić information content (AvgIpc) is 2.85. The maximum absolute atomic E-state index is 13.1. The molecule has 21 heavy (non-hydrogen) atoms. The standard InChI is InChI=1S/C14H11F3N4/c15-14(16,17)10-3-1-2-4-13(10)21-12-5-6-19-8-9(12)11(7-18)20-21/h1-4,19H,5-6,8H2. The van der Waals surface area contributed by atoms with Crippen LogP contribution in [-0.2, 0) is 19.1 Å². The number of nitrogens with one attached hydrogen (secondary N) is 1. The summed E-state index contributed by atoms with van der Waals surface area (Å²) in [6, 6.07) is 7.22. The predicted molar refractivity (Wildman–Crippen MR) is 68.7 cm³/mol. The van der Waals surface area contributed by atoms with Crippen LogP contribution in [0.25, 0.3) is 5.69 Å². The van der Waals surface area contributed by atoms with E-state index in [4.69, 9.17) is 5.26 Å². The summed E-state index contributed by atoms with van der Waals surface area (Å²) in [6.45, 7) is 1.10. The lowest BCUT2D eigenvalue weighted by atomic mass is 10.1. The third kappa shape index (κ3) is 2.28. The number of fused-ring (bicyclic) bond motifs is 1. The highest BCUT2D eigenvalue weighted by Crippen LogP contribution is 2.34. The van der Waals surface area contributed by atoms with E-state index in [0.29, 0.717) is 30.8 Å². The van der Waals surface area contributed by atoms with Crippen LogP contribution in [0, 0.1) is 11.3 Å². The van der Waals surface area contributed by atoms with E-state index in [0.717, 1.165) is 6.07 Å². The Balaban J connectivity index is 2.23. The fourth-order valence-corrected chi connectivity index (χ4v) is 2.54. The summed E-state index contributed by atoms with van der Waals surface area (Å²) in [5.41, 5.74) is 0.736. The first-order valence-corrected chi connectivity index (χ1v) is 6.40. The van der Waals surface area contributed by atoms with Crippen molar-refractivity contribution in [2.24, 2.45) is 0 Å². The van der Waals surface area contributed by atoms with Crippen LogP contribution >= 0.6 is 0 Å². The number of rotatable bonds is 1. The van der Waals surface area contributed by atoms with Gasteiger partial charge in [-0.2, -0.15) is 23.5 Å². The molecule has 0 fully saturated rings. The minimum Gasteiger partial charge on any atom is -0.312 e. The van der Waals surface area contributed by atoms with Crippen LogP contribution < -0.4 is 5.32 Å². The maximum Gasteiger partial charge on any atom is 0.418 e. The first-order chi connectivity index (χ1) is 10.0. The molecule has 0 saturated heterocycles. The van der Waals surface area contributed by atoms with Crippen molar-refractivity contribution in [2.45, 2.75) is 19.1 Å². The fraction of sp³-hybridized carbons (Fsp3) is 0.286. The molecule has 1 aromatic carbocycles. The van der Waals surface area contributed by atoms with Gasteiger partial charge < -0.3 is 5.32 Å².